The summed E-state index contributed by atoms with van der Waals surface area (Å²) in [5, 5.41) is 10.2. The molecule has 1 saturated heterocycles. The van der Waals surface area contributed by atoms with E-state index in [1.54, 1.807) is 11.8 Å². The van der Waals surface area contributed by atoms with Gasteiger partial charge < -0.3 is 14.4 Å². The monoisotopic (exact) mass is 618 g/mol. The van der Waals surface area contributed by atoms with Gasteiger partial charge in [-0.05, 0) is 49.7 Å². The number of piperazine rings is 1. The summed E-state index contributed by atoms with van der Waals surface area (Å²) in [6.45, 7) is 5.18. The number of amides is 2. The van der Waals surface area contributed by atoms with Crippen molar-refractivity contribution in [2.45, 2.75) is 37.8 Å². The molecule has 3 aromatic carbocycles. The number of hydrogen-bond acceptors (Lipinski definition) is 6. The van der Waals surface area contributed by atoms with Gasteiger partial charge in [-0.25, -0.2) is 4.98 Å². The van der Waals surface area contributed by atoms with Gasteiger partial charge in [0.2, 0.25) is 11.1 Å². The Balaban J connectivity index is 1.14. The smallest absolute Gasteiger partial charge is 0.338 e. The minimum absolute atomic E-state index is 0.0260. The standard InChI is InChI=1S/C32H29F3N6O2S/c1-20-11-12-26-25(15-20)28-29(41(26)18-22-7-4-3-5-8-22)36-31(38-37-28)44-19-27(42)39-13-14-40(21(2)17-39)30(43)23-9-6-10-24(16-23)32(33,34)35/h3-12,15-16,21H,13-14,17-19H2,1-2H3. The van der Waals surface area contributed by atoms with Crippen LogP contribution in [0.4, 0.5) is 13.2 Å². The maximum absolute atomic E-state index is 13.2. The van der Waals surface area contributed by atoms with Crippen molar-refractivity contribution in [1.29, 1.82) is 0 Å². The van der Waals surface area contributed by atoms with Gasteiger partial charge in [-0.3, -0.25) is 9.59 Å². The van der Waals surface area contributed by atoms with E-state index in [0.29, 0.717) is 22.9 Å². The van der Waals surface area contributed by atoms with E-state index in [2.05, 4.69) is 45.1 Å². The number of thioether (sulfide) groups is 1. The minimum Gasteiger partial charge on any atom is -0.338 e. The Morgan fingerprint density at radius 2 is 1.77 bits per heavy atom. The second-order valence-corrected chi connectivity index (χ2v) is 11.9. The highest BCUT2D eigenvalue weighted by Gasteiger charge is 2.33. The first-order valence-electron chi connectivity index (χ1n) is 14.1. The summed E-state index contributed by atoms with van der Waals surface area (Å²) >= 11 is 1.20. The number of benzene rings is 3. The third kappa shape index (κ3) is 5.99. The number of fused-ring (bicyclic) bond motifs is 3. The number of hydrogen-bond donors (Lipinski definition) is 0. The molecule has 3 heterocycles. The lowest BCUT2D eigenvalue weighted by Gasteiger charge is -2.40. The molecule has 0 bridgehead atoms. The Morgan fingerprint density at radius 3 is 2.52 bits per heavy atom. The number of rotatable bonds is 6. The van der Waals surface area contributed by atoms with Crippen molar-refractivity contribution in [1.82, 2.24) is 29.5 Å². The van der Waals surface area contributed by atoms with Crippen LogP contribution in [-0.2, 0) is 17.5 Å². The molecule has 1 unspecified atom stereocenters. The van der Waals surface area contributed by atoms with Crippen LogP contribution in [0.3, 0.4) is 0 Å². The van der Waals surface area contributed by atoms with Crippen LogP contribution in [0.1, 0.15) is 34.0 Å². The van der Waals surface area contributed by atoms with Crippen LogP contribution in [0.15, 0.2) is 78.0 Å². The van der Waals surface area contributed by atoms with Crippen molar-refractivity contribution < 1.29 is 22.8 Å². The first-order valence-corrected chi connectivity index (χ1v) is 15.1. The highest BCUT2D eigenvalue weighted by molar-refractivity contribution is 7.99. The lowest BCUT2D eigenvalue weighted by molar-refractivity contribution is -0.137. The third-order valence-corrected chi connectivity index (χ3v) is 8.61. The van der Waals surface area contributed by atoms with Crippen LogP contribution in [0.25, 0.3) is 22.1 Å². The molecular formula is C32H29F3N6O2S. The fourth-order valence-electron chi connectivity index (χ4n) is 5.54. The quantitative estimate of drug-likeness (QED) is 0.223. The van der Waals surface area contributed by atoms with Gasteiger partial charge in [0, 0.05) is 43.2 Å². The summed E-state index contributed by atoms with van der Waals surface area (Å²) in [6, 6.07) is 20.3. The van der Waals surface area contributed by atoms with Gasteiger partial charge in [-0.1, -0.05) is 59.8 Å². The molecule has 12 heteroatoms. The number of carbonyl (C=O) groups excluding carboxylic acids is 2. The molecule has 1 atom stereocenters. The van der Waals surface area contributed by atoms with Gasteiger partial charge in [0.05, 0.1) is 16.8 Å². The van der Waals surface area contributed by atoms with Gasteiger partial charge in [-0.15, -0.1) is 10.2 Å². The van der Waals surface area contributed by atoms with Crippen LogP contribution in [0.5, 0.6) is 0 Å². The highest BCUT2D eigenvalue weighted by Crippen LogP contribution is 2.31. The second kappa shape index (κ2) is 11.9. The van der Waals surface area contributed by atoms with Crippen LogP contribution in [0.2, 0.25) is 0 Å². The molecule has 8 nitrogen and oxygen atoms in total. The van der Waals surface area contributed by atoms with Crippen molar-refractivity contribution >= 4 is 45.6 Å². The van der Waals surface area contributed by atoms with E-state index in [1.807, 2.05) is 25.1 Å². The zero-order chi connectivity index (χ0) is 31.0. The maximum Gasteiger partial charge on any atom is 0.416 e. The fourth-order valence-corrected chi connectivity index (χ4v) is 6.22. The van der Waals surface area contributed by atoms with Gasteiger partial charge >= 0.3 is 6.18 Å². The predicted molar refractivity (Wildman–Crippen MR) is 162 cm³/mol. The minimum atomic E-state index is -4.54. The van der Waals surface area contributed by atoms with Gasteiger partial charge in [-0.2, -0.15) is 13.2 Å². The molecule has 0 N–H and O–H groups in total. The van der Waals surface area contributed by atoms with Crippen molar-refractivity contribution in [2.24, 2.45) is 0 Å². The Bertz CT molecular complexity index is 1860. The van der Waals surface area contributed by atoms with E-state index in [4.69, 9.17) is 4.98 Å². The first kappa shape index (κ1) is 29.6. The van der Waals surface area contributed by atoms with E-state index < -0.39 is 17.6 Å². The van der Waals surface area contributed by atoms with Crippen molar-refractivity contribution in [3.8, 4) is 0 Å². The van der Waals surface area contributed by atoms with Crippen molar-refractivity contribution in [3.63, 3.8) is 0 Å². The van der Waals surface area contributed by atoms with Gasteiger partial charge in [0.1, 0.15) is 5.52 Å². The molecule has 0 aliphatic carbocycles. The molecule has 2 aromatic heterocycles. The van der Waals surface area contributed by atoms with Crippen LogP contribution >= 0.6 is 11.8 Å². The highest BCUT2D eigenvalue weighted by atomic mass is 32.2. The van der Waals surface area contributed by atoms with Crippen molar-refractivity contribution in [2.75, 3.05) is 25.4 Å². The summed E-state index contributed by atoms with van der Waals surface area (Å²) < 4.78 is 41.6. The maximum atomic E-state index is 13.2. The summed E-state index contributed by atoms with van der Waals surface area (Å²) in [7, 11) is 0. The normalized spacial score (nSPS) is 15.7. The Labute approximate surface area is 255 Å². The first-order chi connectivity index (χ1) is 21.1. The molecule has 6 rings (SSSR count). The van der Waals surface area contributed by atoms with E-state index in [9.17, 15) is 22.8 Å². The second-order valence-electron chi connectivity index (χ2n) is 10.9. The largest absolute Gasteiger partial charge is 0.416 e. The van der Waals surface area contributed by atoms with E-state index >= 15 is 0 Å². The topological polar surface area (TPSA) is 84.2 Å². The Morgan fingerprint density at radius 1 is 0.977 bits per heavy atom. The average molecular weight is 619 g/mol. The van der Waals surface area contributed by atoms with Gasteiger partial charge in [0.25, 0.3) is 5.91 Å². The molecule has 1 fully saturated rings. The molecule has 2 amide bonds. The number of carbonyl (C=O) groups is 2. The number of aromatic nitrogens is 4. The lowest BCUT2D eigenvalue weighted by atomic mass is 10.1. The molecule has 1 aliphatic heterocycles. The number of alkyl halides is 3. The van der Waals surface area contributed by atoms with Crippen LogP contribution in [-0.4, -0.2) is 72.8 Å². The van der Waals surface area contributed by atoms with E-state index in [1.165, 1.54) is 28.8 Å². The van der Waals surface area contributed by atoms with E-state index in [0.717, 1.165) is 34.2 Å². The molecular weight excluding hydrogens is 589 g/mol. The molecule has 1 aliphatic rings. The number of nitrogens with zero attached hydrogens (tertiary/aromatic N) is 6. The van der Waals surface area contributed by atoms with Crippen molar-refractivity contribution in [3.05, 3.63) is 95.1 Å². The number of aryl methyl sites for hydroxylation is 1. The lowest BCUT2D eigenvalue weighted by Crippen LogP contribution is -2.55. The van der Waals surface area contributed by atoms with E-state index in [-0.39, 0.29) is 42.9 Å². The average Bonchev–Trinajstić information content (AvgIpc) is 3.31. The zero-order valence-corrected chi connectivity index (χ0v) is 24.9. The molecule has 226 valence electrons. The number of halogens is 3. The molecule has 44 heavy (non-hydrogen) atoms. The zero-order valence-electron chi connectivity index (χ0n) is 24.1. The SMILES string of the molecule is Cc1ccc2c(c1)c1nnc(SCC(=O)N3CCN(C(=O)c4cccc(C(F)(F)F)c4)C(C)C3)nc1n2Cc1ccccc1. The molecule has 0 radical (unpaired) electrons. The molecule has 5 aromatic rings. The third-order valence-electron chi connectivity index (χ3n) is 7.79. The van der Waals surface area contributed by atoms with Gasteiger partial charge in [0.15, 0.2) is 5.65 Å². The summed E-state index contributed by atoms with van der Waals surface area (Å²) in [5.74, 6) is -0.546. The Kier molecular flexibility index (Phi) is 8.02. The molecule has 0 spiro atoms. The molecule has 0 saturated carbocycles. The Hall–Kier alpha value is -4.45. The summed E-state index contributed by atoms with van der Waals surface area (Å²) in [5.41, 5.74) is 3.72. The predicted octanol–water partition coefficient (Wildman–Crippen LogP) is 5.82. The van der Waals surface area contributed by atoms with Crippen LogP contribution < -0.4 is 0 Å². The van der Waals surface area contributed by atoms with Crippen LogP contribution in [0, 0.1) is 6.92 Å². The summed E-state index contributed by atoms with van der Waals surface area (Å²) in [6.07, 6.45) is -4.54. The fraction of sp³-hybridized carbons (Fsp3) is 0.281. The summed E-state index contributed by atoms with van der Waals surface area (Å²) in [4.78, 5) is 34.2.